The van der Waals surface area contributed by atoms with E-state index in [9.17, 15) is 19.6 Å². The average molecular weight is 448 g/mol. The van der Waals surface area contributed by atoms with Crippen molar-refractivity contribution in [2.24, 2.45) is 0 Å². The summed E-state index contributed by atoms with van der Waals surface area (Å²) in [6.07, 6.45) is -5.42. The highest BCUT2D eigenvalue weighted by molar-refractivity contribution is 7.71. The van der Waals surface area contributed by atoms with E-state index in [2.05, 4.69) is 4.98 Å². The third-order valence-corrected chi connectivity index (χ3v) is 5.69. The van der Waals surface area contributed by atoms with Crippen molar-refractivity contribution < 1.29 is 40.2 Å². The van der Waals surface area contributed by atoms with Crippen LogP contribution in [0.3, 0.4) is 0 Å². The van der Waals surface area contributed by atoms with Gasteiger partial charge in [0.1, 0.15) is 29.2 Å². The molecule has 2 aliphatic rings. The summed E-state index contributed by atoms with van der Waals surface area (Å²) in [5.74, 6) is -3.68. The summed E-state index contributed by atoms with van der Waals surface area (Å²) in [4.78, 5) is 14.3. The van der Waals surface area contributed by atoms with Crippen LogP contribution in [0.5, 0.6) is 5.75 Å². The number of nitrogens with one attached hydrogen (secondary N) is 1. The van der Waals surface area contributed by atoms with Gasteiger partial charge in [-0.2, -0.15) is 0 Å². The van der Waals surface area contributed by atoms with E-state index >= 15 is 4.39 Å². The number of aromatic nitrogens is 2. The Kier molecular flexibility index (Phi) is 4.57. The Morgan fingerprint density at radius 2 is 2.21 bits per heavy atom. The summed E-state index contributed by atoms with van der Waals surface area (Å²) in [6.45, 7) is -3.91. The van der Waals surface area contributed by atoms with Gasteiger partial charge in [0.25, 0.3) is 5.85 Å². The summed E-state index contributed by atoms with van der Waals surface area (Å²) in [7, 11) is -4.69. The molecule has 4 rings (SSSR count). The molecule has 1 aromatic carbocycles. The van der Waals surface area contributed by atoms with E-state index in [0.29, 0.717) is 10.1 Å². The number of alkyl halides is 1. The normalized spacial score (nSPS) is 35.3. The summed E-state index contributed by atoms with van der Waals surface area (Å²) in [5.41, 5.74) is -0.403. The fourth-order valence-corrected chi connectivity index (χ4v) is 4.04. The highest BCUT2D eigenvalue weighted by Gasteiger charge is 2.57. The number of phosphoric ester groups is 1. The molecule has 1 aromatic heterocycles. The number of nitrogens with zero attached hydrogens (tertiary/aromatic N) is 1. The fourth-order valence-electron chi connectivity index (χ4n) is 2.79. The lowest BCUT2D eigenvalue weighted by molar-refractivity contribution is -0.205. The Labute approximate surface area is 170 Å². The Hall–Kier alpha value is -1.92. The van der Waals surface area contributed by atoms with Crippen molar-refractivity contribution >= 4 is 20.0 Å². The Morgan fingerprint density at radius 3 is 2.97 bits per heavy atom. The number of halogens is 1. The number of benzene rings is 1. The van der Waals surface area contributed by atoms with Gasteiger partial charge in [0, 0.05) is 11.8 Å². The SMILES string of the molecule is [2H]C([2H])(OP1(=O)OCc2ccccc2O1)[C@@]1(F)O[C@@H](n2ccc(=S)[nH]c2=O)[C@H](O)[C@@H]1O. The van der Waals surface area contributed by atoms with Gasteiger partial charge in [-0.05, 0) is 12.1 Å². The van der Waals surface area contributed by atoms with Crippen LogP contribution in [0.15, 0.2) is 41.3 Å². The Bertz CT molecular complexity index is 1180. The minimum atomic E-state index is -4.69. The smallest absolute Gasteiger partial charge is 0.404 e. The highest BCUT2D eigenvalue weighted by Crippen LogP contribution is 2.55. The predicted octanol–water partition coefficient (Wildman–Crippen LogP) is 1.56. The molecule has 0 aliphatic carbocycles. The first-order valence-electron chi connectivity index (χ1n) is 9.23. The van der Waals surface area contributed by atoms with Crippen LogP contribution < -0.4 is 10.2 Å². The molecule has 1 unspecified atom stereocenters. The first kappa shape index (κ1) is 17.9. The molecule has 0 amide bonds. The van der Waals surface area contributed by atoms with Crippen molar-refractivity contribution in [3.8, 4) is 5.75 Å². The quantitative estimate of drug-likeness (QED) is 0.471. The molecule has 0 spiro atoms. The molecule has 1 saturated heterocycles. The monoisotopic (exact) mass is 448 g/mol. The van der Waals surface area contributed by atoms with Crippen molar-refractivity contribution in [3.63, 3.8) is 0 Å². The van der Waals surface area contributed by atoms with Gasteiger partial charge in [-0.25, -0.2) is 13.8 Å². The number of rotatable bonds is 4. The van der Waals surface area contributed by atoms with Crippen LogP contribution in [0.1, 0.15) is 14.5 Å². The molecule has 2 aromatic rings. The van der Waals surface area contributed by atoms with Gasteiger partial charge in [0.2, 0.25) is 0 Å². The lowest BCUT2D eigenvalue weighted by Gasteiger charge is -2.28. The number of aliphatic hydroxyl groups excluding tert-OH is 2. The number of aromatic amines is 1. The fraction of sp³-hybridized carbons (Fsp3) is 0.375. The third kappa shape index (κ3) is 3.80. The molecule has 0 bridgehead atoms. The largest absolute Gasteiger partial charge is 0.530 e. The van der Waals surface area contributed by atoms with Gasteiger partial charge >= 0.3 is 13.5 Å². The molecular formula is C16H16FN2O8PS. The topological polar surface area (TPSA) is 132 Å². The number of H-pyrrole nitrogens is 1. The number of para-hydroxylation sites is 1. The van der Waals surface area contributed by atoms with Crippen LogP contribution in [0.2, 0.25) is 0 Å². The first-order chi connectivity index (χ1) is 14.5. The molecule has 10 nitrogen and oxygen atoms in total. The lowest BCUT2D eigenvalue weighted by Crippen LogP contribution is -2.43. The summed E-state index contributed by atoms with van der Waals surface area (Å²) in [5, 5.41) is 20.4. The molecule has 2 aliphatic heterocycles. The molecule has 156 valence electrons. The van der Waals surface area contributed by atoms with Gasteiger partial charge in [0.05, 0.1) is 9.35 Å². The van der Waals surface area contributed by atoms with E-state index in [-0.39, 0.29) is 17.0 Å². The van der Waals surface area contributed by atoms with Crippen molar-refractivity contribution in [2.45, 2.75) is 30.9 Å². The second-order valence-electron chi connectivity index (χ2n) is 6.22. The van der Waals surface area contributed by atoms with Crippen molar-refractivity contribution in [2.75, 3.05) is 6.56 Å². The number of ether oxygens (including phenoxy) is 1. The predicted molar refractivity (Wildman–Crippen MR) is 97.3 cm³/mol. The summed E-state index contributed by atoms with van der Waals surface area (Å²) < 4.78 is 64.7. The zero-order valence-electron chi connectivity index (χ0n) is 16.4. The second-order valence-corrected chi connectivity index (χ2v) is 8.18. The number of hydrogen-bond donors (Lipinski definition) is 3. The van der Waals surface area contributed by atoms with Gasteiger partial charge in [-0.3, -0.25) is 18.6 Å². The number of fused-ring (bicyclic) bond motifs is 1. The van der Waals surface area contributed by atoms with Gasteiger partial charge in [0.15, 0.2) is 6.23 Å². The number of phosphoric acid groups is 1. The molecule has 1 fully saturated rings. The third-order valence-electron chi connectivity index (χ3n) is 4.27. The highest BCUT2D eigenvalue weighted by atomic mass is 32.1. The van der Waals surface area contributed by atoms with E-state index in [1.165, 1.54) is 12.1 Å². The van der Waals surface area contributed by atoms with E-state index in [0.717, 1.165) is 6.20 Å². The molecule has 0 radical (unpaired) electrons. The number of hydrogen-bond acceptors (Lipinski definition) is 9. The zero-order valence-corrected chi connectivity index (χ0v) is 16.1. The molecule has 13 heteroatoms. The van der Waals surface area contributed by atoms with Crippen molar-refractivity contribution in [1.29, 1.82) is 0 Å². The van der Waals surface area contributed by atoms with Crippen LogP contribution in [0.25, 0.3) is 0 Å². The van der Waals surface area contributed by atoms with Crippen LogP contribution in [0, 0.1) is 4.64 Å². The van der Waals surface area contributed by atoms with Gasteiger partial charge in [-0.1, -0.05) is 30.4 Å². The van der Waals surface area contributed by atoms with E-state index < -0.39 is 44.4 Å². The average Bonchev–Trinajstić information content (AvgIpc) is 2.93. The van der Waals surface area contributed by atoms with E-state index in [4.69, 9.17) is 33.3 Å². The molecule has 0 saturated carbocycles. The minimum Gasteiger partial charge on any atom is -0.404 e. The van der Waals surface area contributed by atoms with Gasteiger partial charge in [-0.15, -0.1) is 0 Å². The lowest BCUT2D eigenvalue weighted by atomic mass is 10.1. The molecule has 3 heterocycles. The Balaban J connectivity index is 1.62. The van der Waals surface area contributed by atoms with Crippen molar-refractivity contribution in [3.05, 3.63) is 57.2 Å². The van der Waals surface area contributed by atoms with E-state index in [1.54, 1.807) is 18.2 Å². The maximum Gasteiger partial charge on any atom is 0.530 e. The minimum absolute atomic E-state index is 0.0458. The van der Waals surface area contributed by atoms with Crippen LogP contribution in [-0.2, 0) is 25.0 Å². The van der Waals surface area contributed by atoms with Crippen LogP contribution in [-0.4, -0.2) is 44.4 Å². The van der Waals surface area contributed by atoms with Crippen molar-refractivity contribution in [1.82, 2.24) is 9.55 Å². The zero-order chi connectivity index (χ0) is 22.6. The summed E-state index contributed by atoms with van der Waals surface area (Å²) in [6, 6.07) is 7.51. The van der Waals surface area contributed by atoms with Crippen LogP contribution in [0.4, 0.5) is 4.39 Å². The molecule has 5 atom stereocenters. The van der Waals surface area contributed by atoms with Gasteiger partial charge < -0.3 is 19.5 Å². The maximum absolute atomic E-state index is 15.6. The molecule has 3 N–H and O–H groups in total. The van der Waals surface area contributed by atoms with Crippen LogP contribution >= 0.6 is 20.0 Å². The first-order valence-corrected chi connectivity index (χ1v) is 10.1. The number of aliphatic hydroxyl groups is 2. The van der Waals surface area contributed by atoms with E-state index in [1.807, 2.05) is 0 Å². The molecule has 29 heavy (non-hydrogen) atoms. The Morgan fingerprint density at radius 1 is 1.45 bits per heavy atom. The summed E-state index contributed by atoms with van der Waals surface area (Å²) >= 11 is 4.79. The molecular weight excluding hydrogens is 430 g/mol. The maximum atomic E-state index is 15.6. The standard InChI is InChI=1S/C16H16FN2O8PS/c17-16(8-25-28(23)24-7-9-3-1-2-4-10(9)27-28)13(21)12(20)14(26-16)19-6-5-11(29)18-15(19)22/h1-6,12-14,20-21H,7-8H2,(H,18,22,29)/t12-,13+,14-,16-,28?/m1/s1/i8D2. The second kappa shape index (κ2) is 7.40.